The Morgan fingerprint density at radius 2 is 1.88 bits per heavy atom. The highest BCUT2D eigenvalue weighted by atomic mass is 79.9. The van der Waals surface area contributed by atoms with E-state index in [1.165, 1.54) is 24.4 Å². The van der Waals surface area contributed by atoms with Gasteiger partial charge in [-0.2, -0.15) is 0 Å². The van der Waals surface area contributed by atoms with Crippen molar-refractivity contribution in [2.24, 2.45) is 0 Å². The van der Waals surface area contributed by atoms with E-state index in [1.807, 2.05) is 24.3 Å². The smallest absolute Gasteiger partial charge is 0.273 e. The van der Waals surface area contributed by atoms with E-state index in [0.29, 0.717) is 0 Å². The van der Waals surface area contributed by atoms with Crippen molar-refractivity contribution in [3.8, 4) is 5.75 Å². The van der Waals surface area contributed by atoms with Crippen LogP contribution in [0.15, 0.2) is 53.1 Å². The molecule has 0 spiro atoms. The quantitative estimate of drug-likeness (QED) is 0.521. The minimum atomic E-state index is -0.494. The number of hydrogen-bond acceptors (Lipinski definition) is 4. The van der Waals surface area contributed by atoms with Crippen LogP contribution in [-0.2, 0) is 4.79 Å². The van der Waals surface area contributed by atoms with Crippen molar-refractivity contribution in [2.45, 2.75) is 0 Å². The molecule has 1 heterocycles. The number of rotatable bonds is 6. The molecule has 0 saturated heterocycles. The zero-order valence-corrected chi connectivity index (χ0v) is 14.3. The van der Waals surface area contributed by atoms with Gasteiger partial charge >= 0.3 is 0 Å². The number of aromatic nitrogens is 1. The average molecular weight is 390 g/mol. The Bertz CT molecular complexity index is 762. The van der Waals surface area contributed by atoms with E-state index in [1.54, 1.807) is 6.08 Å². The van der Waals surface area contributed by atoms with Crippen molar-refractivity contribution in [2.75, 3.05) is 13.1 Å². The molecule has 6 nitrogen and oxygen atoms in total. The molecule has 1 aromatic carbocycles. The van der Waals surface area contributed by atoms with Gasteiger partial charge in [0, 0.05) is 29.8 Å². The molecule has 0 unspecified atom stereocenters. The predicted octanol–water partition coefficient (Wildman–Crippen LogP) is 2.11. The van der Waals surface area contributed by atoms with Crippen LogP contribution in [0.5, 0.6) is 5.75 Å². The van der Waals surface area contributed by atoms with Crippen LogP contribution in [0, 0.1) is 0 Å². The summed E-state index contributed by atoms with van der Waals surface area (Å²) in [6.07, 6.45) is 4.54. The van der Waals surface area contributed by atoms with E-state index >= 15 is 0 Å². The molecule has 0 saturated carbocycles. The topological polar surface area (TPSA) is 91.3 Å². The second kappa shape index (κ2) is 8.83. The Morgan fingerprint density at radius 1 is 1.12 bits per heavy atom. The van der Waals surface area contributed by atoms with Gasteiger partial charge in [-0.3, -0.25) is 9.59 Å². The fraction of sp³-hybridized carbons (Fsp3) is 0.118. The van der Waals surface area contributed by atoms with Crippen molar-refractivity contribution < 1.29 is 14.7 Å². The maximum Gasteiger partial charge on any atom is 0.273 e. The van der Waals surface area contributed by atoms with Crippen LogP contribution in [0.3, 0.4) is 0 Å². The van der Waals surface area contributed by atoms with Gasteiger partial charge in [0.15, 0.2) is 5.69 Å². The fourth-order valence-electron chi connectivity index (χ4n) is 1.85. The number of carbonyl (C=O) groups is 2. The lowest BCUT2D eigenvalue weighted by atomic mass is 10.2. The van der Waals surface area contributed by atoms with Gasteiger partial charge in [0.1, 0.15) is 5.75 Å². The molecule has 7 heteroatoms. The average Bonchev–Trinajstić information content (AvgIpc) is 2.58. The second-order valence-corrected chi connectivity index (χ2v) is 5.63. The van der Waals surface area contributed by atoms with E-state index in [-0.39, 0.29) is 30.4 Å². The number of pyridine rings is 1. The van der Waals surface area contributed by atoms with E-state index in [0.717, 1.165) is 10.0 Å². The summed E-state index contributed by atoms with van der Waals surface area (Å²) < 4.78 is 0.900. The molecule has 0 bridgehead atoms. The summed E-state index contributed by atoms with van der Waals surface area (Å²) in [6, 6.07) is 10.5. The second-order valence-electron chi connectivity index (χ2n) is 4.77. The van der Waals surface area contributed by atoms with Crippen LogP contribution in [0.2, 0.25) is 0 Å². The molecular formula is C17H16BrN3O3. The number of amides is 2. The van der Waals surface area contributed by atoms with Crippen molar-refractivity contribution in [1.29, 1.82) is 0 Å². The number of aromatic hydroxyl groups is 1. The monoisotopic (exact) mass is 389 g/mol. The highest BCUT2D eigenvalue weighted by Crippen LogP contribution is 2.16. The molecule has 0 aliphatic heterocycles. The number of carbonyl (C=O) groups excluding carboxylic acids is 2. The van der Waals surface area contributed by atoms with E-state index in [9.17, 15) is 14.7 Å². The molecular weight excluding hydrogens is 374 g/mol. The Kier molecular flexibility index (Phi) is 6.51. The summed E-state index contributed by atoms with van der Waals surface area (Å²) in [4.78, 5) is 27.3. The van der Waals surface area contributed by atoms with Gasteiger partial charge in [0.25, 0.3) is 5.91 Å². The zero-order chi connectivity index (χ0) is 17.4. The number of hydrogen-bond donors (Lipinski definition) is 3. The first-order valence-corrected chi connectivity index (χ1v) is 8.00. The largest absolute Gasteiger partial charge is 0.505 e. The summed E-state index contributed by atoms with van der Waals surface area (Å²) in [7, 11) is 0. The summed E-state index contributed by atoms with van der Waals surface area (Å²) in [5.74, 6) is -0.942. The van der Waals surface area contributed by atoms with Crippen LogP contribution < -0.4 is 10.6 Å². The Balaban J connectivity index is 1.74. The zero-order valence-electron chi connectivity index (χ0n) is 12.7. The normalized spacial score (nSPS) is 10.5. The molecule has 3 N–H and O–H groups in total. The van der Waals surface area contributed by atoms with Gasteiger partial charge in [-0.1, -0.05) is 34.1 Å². The highest BCUT2D eigenvalue weighted by Gasteiger charge is 2.10. The third-order valence-electron chi connectivity index (χ3n) is 3.03. The van der Waals surface area contributed by atoms with Crippen LogP contribution in [0.25, 0.3) is 6.08 Å². The van der Waals surface area contributed by atoms with E-state index in [4.69, 9.17) is 0 Å². The van der Waals surface area contributed by atoms with Crippen LogP contribution in [0.1, 0.15) is 16.1 Å². The van der Waals surface area contributed by atoms with Crippen molar-refractivity contribution in [3.63, 3.8) is 0 Å². The molecule has 0 aliphatic rings. The van der Waals surface area contributed by atoms with E-state index < -0.39 is 5.91 Å². The van der Waals surface area contributed by atoms with E-state index in [2.05, 4.69) is 31.5 Å². The van der Waals surface area contributed by atoms with Gasteiger partial charge in [0.2, 0.25) is 5.91 Å². The van der Waals surface area contributed by atoms with Gasteiger partial charge in [-0.05, 0) is 29.8 Å². The van der Waals surface area contributed by atoms with Crippen LogP contribution in [-0.4, -0.2) is 35.0 Å². The van der Waals surface area contributed by atoms with Gasteiger partial charge in [-0.15, -0.1) is 0 Å². The summed E-state index contributed by atoms with van der Waals surface area (Å²) >= 11 is 3.40. The molecule has 0 aliphatic carbocycles. The SMILES string of the molecule is O=C(C=Cc1ccccc1Br)NCCNC(=O)c1ncccc1O. The Labute approximate surface area is 147 Å². The maximum absolute atomic E-state index is 11.8. The first-order chi connectivity index (χ1) is 11.6. The van der Waals surface area contributed by atoms with Crippen molar-refractivity contribution in [3.05, 3.63) is 64.4 Å². The van der Waals surface area contributed by atoms with Crippen LogP contribution >= 0.6 is 15.9 Å². The first-order valence-electron chi connectivity index (χ1n) is 7.20. The highest BCUT2D eigenvalue weighted by molar-refractivity contribution is 9.10. The minimum absolute atomic E-state index is 0.0438. The lowest BCUT2D eigenvalue weighted by Crippen LogP contribution is -2.34. The molecule has 0 radical (unpaired) electrons. The molecule has 0 atom stereocenters. The summed E-state index contributed by atoms with van der Waals surface area (Å²) in [6.45, 7) is 0.488. The first kappa shape index (κ1) is 17.7. The fourth-order valence-corrected chi connectivity index (χ4v) is 2.27. The van der Waals surface area contributed by atoms with Gasteiger partial charge in [0.05, 0.1) is 0 Å². The Morgan fingerprint density at radius 3 is 2.62 bits per heavy atom. The third-order valence-corrected chi connectivity index (χ3v) is 3.75. The number of halogens is 1. The number of nitrogens with zero attached hydrogens (tertiary/aromatic N) is 1. The Hall–Kier alpha value is -2.67. The van der Waals surface area contributed by atoms with Crippen molar-refractivity contribution in [1.82, 2.24) is 15.6 Å². The standard InChI is InChI=1S/C17H16BrN3O3/c18-13-5-2-1-4-12(13)7-8-15(23)19-10-11-21-17(24)16-14(22)6-3-9-20-16/h1-9,22H,10-11H2,(H,19,23)(H,21,24). The molecule has 1 aromatic heterocycles. The number of nitrogens with one attached hydrogen (secondary N) is 2. The maximum atomic E-state index is 11.8. The molecule has 24 heavy (non-hydrogen) atoms. The van der Waals surface area contributed by atoms with Crippen LogP contribution in [0.4, 0.5) is 0 Å². The van der Waals surface area contributed by atoms with Gasteiger partial charge in [-0.25, -0.2) is 4.98 Å². The third kappa shape index (κ3) is 5.20. The minimum Gasteiger partial charge on any atom is -0.505 e. The lowest BCUT2D eigenvalue weighted by molar-refractivity contribution is -0.116. The molecule has 2 aromatic rings. The molecule has 124 valence electrons. The lowest BCUT2D eigenvalue weighted by Gasteiger charge is -2.06. The van der Waals surface area contributed by atoms with Crippen molar-refractivity contribution >= 4 is 33.8 Å². The summed E-state index contributed by atoms with van der Waals surface area (Å²) in [5.41, 5.74) is 0.851. The number of benzene rings is 1. The molecule has 0 fully saturated rings. The molecule has 2 amide bonds. The predicted molar refractivity (Wildman–Crippen MR) is 94.4 cm³/mol. The summed E-state index contributed by atoms with van der Waals surface area (Å²) in [5, 5.41) is 14.7. The molecule has 2 rings (SSSR count). The van der Waals surface area contributed by atoms with Gasteiger partial charge < -0.3 is 15.7 Å².